The van der Waals surface area contributed by atoms with Crippen LogP contribution >= 0.6 is 11.3 Å². The molecule has 0 unspecified atom stereocenters. The molecule has 0 bridgehead atoms. The van der Waals surface area contributed by atoms with Crippen LogP contribution in [-0.4, -0.2) is 15.9 Å². The van der Waals surface area contributed by atoms with E-state index in [2.05, 4.69) is 15.3 Å². The number of thiazole rings is 1. The Morgan fingerprint density at radius 1 is 1.17 bits per heavy atom. The van der Waals surface area contributed by atoms with Gasteiger partial charge in [0.2, 0.25) is 5.91 Å². The summed E-state index contributed by atoms with van der Waals surface area (Å²) in [5, 5.41) is 3.04. The summed E-state index contributed by atoms with van der Waals surface area (Å²) in [5.41, 5.74) is 0.853. The highest BCUT2D eigenvalue weighted by Crippen LogP contribution is 2.33. The fraction of sp³-hybridized carbons (Fsp3) is 0.133. The Kier molecular flexibility index (Phi) is 3.77. The number of benzene rings is 1. The lowest BCUT2D eigenvalue weighted by Gasteiger charge is -2.08. The molecule has 118 valence electrons. The molecule has 1 amide bonds. The quantitative estimate of drug-likeness (QED) is 0.757. The van der Waals surface area contributed by atoms with Gasteiger partial charge in [-0.05, 0) is 23.8 Å². The summed E-state index contributed by atoms with van der Waals surface area (Å²) in [7, 11) is 0. The Morgan fingerprint density at radius 2 is 1.96 bits per heavy atom. The zero-order chi connectivity index (χ0) is 16.6. The predicted octanol–water partition coefficient (Wildman–Crippen LogP) is 4.34. The summed E-state index contributed by atoms with van der Waals surface area (Å²) in [6, 6.07) is 6.17. The van der Waals surface area contributed by atoms with Crippen molar-refractivity contribution in [1.29, 1.82) is 0 Å². The first-order valence-corrected chi connectivity index (χ1v) is 7.35. The third-order valence-corrected chi connectivity index (χ3v) is 4.00. The molecule has 3 aromatic rings. The maximum atomic E-state index is 12.8. The van der Waals surface area contributed by atoms with Gasteiger partial charge in [-0.2, -0.15) is 13.2 Å². The van der Waals surface area contributed by atoms with Gasteiger partial charge in [0.15, 0.2) is 5.13 Å². The standard InChI is InChI=1S/C15H10F3N3OS/c1-8(22)20-14-21-12-3-2-9(5-13(12)23-14)10-4-11(7-19-6-10)15(16,17)18/h2-7H,1H3,(H,20,21,22). The summed E-state index contributed by atoms with van der Waals surface area (Å²) in [6.45, 7) is 1.38. The van der Waals surface area contributed by atoms with Gasteiger partial charge in [0, 0.05) is 24.9 Å². The zero-order valence-corrected chi connectivity index (χ0v) is 12.6. The molecule has 2 aromatic heterocycles. The number of alkyl halides is 3. The summed E-state index contributed by atoms with van der Waals surface area (Å²) in [5.74, 6) is -0.230. The average Bonchev–Trinajstić information content (AvgIpc) is 2.86. The summed E-state index contributed by atoms with van der Waals surface area (Å²) in [6.07, 6.45) is -2.26. The lowest BCUT2D eigenvalue weighted by molar-refractivity contribution is -0.137. The first-order valence-electron chi connectivity index (χ1n) is 6.54. The van der Waals surface area contributed by atoms with Crippen LogP contribution in [0.1, 0.15) is 12.5 Å². The smallest absolute Gasteiger partial charge is 0.302 e. The number of aromatic nitrogens is 2. The number of hydrogen-bond donors (Lipinski definition) is 1. The van der Waals surface area contributed by atoms with E-state index >= 15 is 0 Å². The van der Waals surface area contributed by atoms with Crippen LogP contribution in [0.2, 0.25) is 0 Å². The van der Waals surface area contributed by atoms with Crippen LogP contribution < -0.4 is 5.32 Å². The van der Waals surface area contributed by atoms with Gasteiger partial charge in [0.05, 0.1) is 15.8 Å². The Hall–Kier alpha value is -2.48. The van der Waals surface area contributed by atoms with Crippen molar-refractivity contribution >= 4 is 32.6 Å². The number of rotatable bonds is 2. The molecular weight excluding hydrogens is 327 g/mol. The molecule has 0 fully saturated rings. The Morgan fingerprint density at radius 3 is 2.65 bits per heavy atom. The minimum Gasteiger partial charge on any atom is -0.302 e. The maximum absolute atomic E-state index is 12.8. The van der Waals surface area contributed by atoms with Crippen molar-refractivity contribution in [2.24, 2.45) is 0 Å². The van der Waals surface area contributed by atoms with E-state index in [1.165, 1.54) is 24.5 Å². The number of pyridine rings is 1. The molecular formula is C15H10F3N3OS. The number of nitrogens with zero attached hydrogens (tertiary/aromatic N) is 2. The molecule has 0 spiro atoms. The predicted molar refractivity (Wildman–Crippen MR) is 82.2 cm³/mol. The van der Waals surface area contributed by atoms with E-state index < -0.39 is 11.7 Å². The molecule has 0 atom stereocenters. The first kappa shape index (κ1) is 15.4. The molecule has 0 aliphatic carbocycles. The van der Waals surface area contributed by atoms with Crippen molar-refractivity contribution in [2.45, 2.75) is 13.1 Å². The number of fused-ring (bicyclic) bond motifs is 1. The van der Waals surface area contributed by atoms with Crippen molar-refractivity contribution in [3.8, 4) is 11.1 Å². The molecule has 23 heavy (non-hydrogen) atoms. The molecule has 2 heterocycles. The summed E-state index contributed by atoms with van der Waals surface area (Å²) in [4.78, 5) is 18.9. The molecule has 0 saturated heterocycles. The second kappa shape index (κ2) is 5.62. The highest BCUT2D eigenvalue weighted by Gasteiger charge is 2.31. The molecule has 1 N–H and O–H groups in total. The number of amides is 1. The van der Waals surface area contributed by atoms with Gasteiger partial charge in [-0.25, -0.2) is 4.98 Å². The van der Waals surface area contributed by atoms with Crippen LogP contribution in [0.5, 0.6) is 0 Å². The fourth-order valence-electron chi connectivity index (χ4n) is 2.06. The monoisotopic (exact) mass is 337 g/mol. The lowest BCUT2D eigenvalue weighted by Crippen LogP contribution is -2.05. The van der Waals surface area contributed by atoms with Gasteiger partial charge in [0.25, 0.3) is 0 Å². The van der Waals surface area contributed by atoms with Crippen molar-refractivity contribution in [2.75, 3.05) is 5.32 Å². The summed E-state index contributed by atoms with van der Waals surface area (Å²) < 4.78 is 39.1. The van der Waals surface area contributed by atoms with Gasteiger partial charge in [-0.1, -0.05) is 17.4 Å². The lowest BCUT2D eigenvalue weighted by atomic mass is 10.1. The molecule has 0 radical (unpaired) electrons. The van der Waals surface area contributed by atoms with Crippen LogP contribution in [0.4, 0.5) is 18.3 Å². The third-order valence-electron chi connectivity index (χ3n) is 3.07. The number of anilines is 1. The van der Waals surface area contributed by atoms with Gasteiger partial charge < -0.3 is 5.32 Å². The fourth-order valence-corrected chi connectivity index (χ4v) is 3.01. The Labute approximate surface area is 133 Å². The van der Waals surface area contributed by atoms with Crippen LogP contribution in [0.15, 0.2) is 36.7 Å². The molecule has 0 aliphatic heterocycles. The topological polar surface area (TPSA) is 54.9 Å². The maximum Gasteiger partial charge on any atom is 0.417 e. The van der Waals surface area contributed by atoms with Crippen LogP contribution in [0.25, 0.3) is 21.3 Å². The van der Waals surface area contributed by atoms with Crippen molar-refractivity contribution in [1.82, 2.24) is 9.97 Å². The number of hydrogen-bond acceptors (Lipinski definition) is 4. The Balaban J connectivity index is 2.02. The van der Waals surface area contributed by atoms with Gasteiger partial charge in [-0.15, -0.1) is 0 Å². The second-order valence-electron chi connectivity index (χ2n) is 4.84. The third kappa shape index (κ3) is 3.31. The van der Waals surface area contributed by atoms with Crippen molar-refractivity contribution in [3.05, 3.63) is 42.2 Å². The molecule has 3 rings (SSSR count). The highest BCUT2D eigenvalue weighted by atomic mass is 32.1. The minimum atomic E-state index is -4.43. The SMILES string of the molecule is CC(=O)Nc1nc2ccc(-c3cncc(C(F)(F)F)c3)cc2s1. The Bertz CT molecular complexity index is 889. The van der Waals surface area contributed by atoms with E-state index in [9.17, 15) is 18.0 Å². The van der Waals surface area contributed by atoms with Gasteiger partial charge in [0.1, 0.15) is 0 Å². The minimum absolute atomic E-state index is 0.230. The number of carbonyl (C=O) groups is 1. The van der Waals surface area contributed by atoms with E-state index in [4.69, 9.17) is 0 Å². The van der Waals surface area contributed by atoms with Gasteiger partial charge >= 0.3 is 6.18 Å². The molecule has 0 aliphatic rings. The molecule has 8 heteroatoms. The van der Waals surface area contributed by atoms with E-state index in [1.54, 1.807) is 18.2 Å². The molecule has 1 aromatic carbocycles. The van der Waals surface area contributed by atoms with Crippen LogP contribution in [-0.2, 0) is 11.0 Å². The summed E-state index contributed by atoms with van der Waals surface area (Å²) >= 11 is 1.26. The van der Waals surface area contributed by atoms with E-state index in [-0.39, 0.29) is 5.91 Å². The van der Waals surface area contributed by atoms with E-state index in [1.807, 2.05) is 0 Å². The van der Waals surface area contributed by atoms with Gasteiger partial charge in [-0.3, -0.25) is 9.78 Å². The average molecular weight is 337 g/mol. The van der Waals surface area contributed by atoms with Crippen LogP contribution in [0, 0.1) is 0 Å². The second-order valence-corrected chi connectivity index (χ2v) is 5.87. The van der Waals surface area contributed by atoms with E-state index in [0.29, 0.717) is 21.8 Å². The number of nitrogens with one attached hydrogen (secondary N) is 1. The molecule has 0 saturated carbocycles. The van der Waals surface area contributed by atoms with Crippen molar-refractivity contribution in [3.63, 3.8) is 0 Å². The van der Waals surface area contributed by atoms with Crippen molar-refractivity contribution < 1.29 is 18.0 Å². The van der Waals surface area contributed by atoms with Crippen LogP contribution in [0.3, 0.4) is 0 Å². The normalized spacial score (nSPS) is 11.7. The molecule has 4 nitrogen and oxygen atoms in total. The highest BCUT2D eigenvalue weighted by molar-refractivity contribution is 7.22. The number of carbonyl (C=O) groups excluding carboxylic acids is 1. The van der Waals surface area contributed by atoms with E-state index in [0.717, 1.165) is 17.0 Å². The first-order chi connectivity index (χ1) is 10.8. The zero-order valence-electron chi connectivity index (χ0n) is 11.8. The largest absolute Gasteiger partial charge is 0.417 e. The number of halogens is 3.